The second-order valence-electron chi connectivity index (χ2n) is 4.73. The normalized spacial score (nSPS) is 11.1. The summed E-state index contributed by atoms with van der Waals surface area (Å²) in [6.45, 7) is 0.432. The molecule has 0 radical (unpaired) electrons. The van der Waals surface area contributed by atoms with E-state index in [1.165, 1.54) is 0 Å². The minimum Gasteiger partial charge on any atom is -0.488 e. The predicted octanol–water partition coefficient (Wildman–Crippen LogP) is 4.47. The van der Waals surface area contributed by atoms with Crippen molar-refractivity contribution in [2.24, 2.45) is 0 Å². The number of thiophene rings is 1. The van der Waals surface area contributed by atoms with Crippen LogP contribution < -0.4 is 4.74 Å². The Morgan fingerprint density at radius 3 is 3.05 bits per heavy atom. The lowest BCUT2D eigenvalue weighted by molar-refractivity contribution is 0.311. The van der Waals surface area contributed by atoms with Crippen molar-refractivity contribution >= 4 is 44.1 Å². The molecule has 3 heterocycles. The summed E-state index contributed by atoms with van der Waals surface area (Å²) in [7, 11) is 0. The largest absolute Gasteiger partial charge is 0.488 e. The topological polar surface area (TPSA) is 47.9 Å². The Hall–Kier alpha value is -2.24. The van der Waals surface area contributed by atoms with Crippen LogP contribution in [0.3, 0.4) is 0 Å². The summed E-state index contributed by atoms with van der Waals surface area (Å²) in [5.41, 5.74) is 2.77. The summed E-state index contributed by atoms with van der Waals surface area (Å²) >= 11 is 7.46. The fraction of sp³-hybridized carbons (Fsp3) is 0.0625. The van der Waals surface area contributed by atoms with E-state index in [0.29, 0.717) is 6.61 Å². The Bertz CT molecular complexity index is 965. The van der Waals surface area contributed by atoms with Gasteiger partial charge in [0.15, 0.2) is 0 Å². The molecule has 0 amide bonds. The van der Waals surface area contributed by atoms with Crippen LogP contribution in [0.2, 0.25) is 5.28 Å². The number of nitrogens with zero attached hydrogens (tertiary/aromatic N) is 3. The molecule has 0 saturated heterocycles. The zero-order chi connectivity index (χ0) is 14.9. The number of hydrogen-bond donors (Lipinski definition) is 0. The molecule has 0 unspecified atom stereocenters. The van der Waals surface area contributed by atoms with Gasteiger partial charge >= 0.3 is 0 Å². The summed E-state index contributed by atoms with van der Waals surface area (Å²) in [4.78, 5) is 12.6. The molecule has 0 spiro atoms. The zero-order valence-corrected chi connectivity index (χ0v) is 12.9. The SMILES string of the molecule is Clc1ncc2scc(COc3cccc4ncccc34)c2n1. The van der Waals surface area contributed by atoms with Gasteiger partial charge in [-0.05, 0) is 35.9 Å². The van der Waals surface area contributed by atoms with Crippen LogP contribution >= 0.6 is 22.9 Å². The first kappa shape index (κ1) is 13.4. The molecule has 22 heavy (non-hydrogen) atoms. The molecule has 0 fully saturated rings. The van der Waals surface area contributed by atoms with E-state index >= 15 is 0 Å². The van der Waals surface area contributed by atoms with Gasteiger partial charge in [0, 0.05) is 28.7 Å². The molecule has 108 valence electrons. The monoisotopic (exact) mass is 327 g/mol. The van der Waals surface area contributed by atoms with Crippen molar-refractivity contribution in [2.45, 2.75) is 6.61 Å². The second-order valence-corrected chi connectivity index (χ2v) is 5.98. The fourth-order valence-electron chi connectivity index (χ4n) is 2.31. The smallest absolute Gasteiger partial charge is 0.222 e. The molecule has 4 nitrogen and oxygen atoms in total. The third kappa shape index (κ3) is 2.38. The van der Waals surface area contributed by atoms with Gasteiger partial charge in [-0.2, -0.15) is 0 Å². The van der Waals surface area contributed by atoms with E-state index in [-0.39, 0.29) is 5.28 Å². The first-order chi connectivity index (χ1) is 10.8. The Balaban J connectivity index is 1.67. The van der Waals surface area contributed by atoms with Crippen molar-refractivity contribution in [1.29, 1.82) is 0 Å². The minimum absolute atomic E-state index is 0.251. The average molecular weight is 328 g/mol. The van der Waals surface area contributed by atoms with Gasteiger partial charge in [-0.15, -0.1) is 11.3 Å². The van der Waals surface area contributed by atoms with Gasteiger partial charge < -0.3 is 4.74 Å². The quantitative estimate of drug-likeness (QED) is 0.521. The summed E-state index contributed by atoms with van der Waals surface area (Å²) in [6.07, 6.45) is 3.51. The van der Waals surface area contributed by atoms with E-state index in [9.17, 15) is 0 Å². The van der Waals surface area contributed by atoms with E-state index in [2.05, 4.69) is 15.0 Å². The highest BCUT2D eigenvalue weighted by molar-refractivity contribution is 7.17. The lowest BCUT2D eigenvalue weighted by Gasteiger charge is -2.08. The molecule has 0 atom stereocenters. The van der Waals surface area contributed by atoms with Crippen molar-refractivity contribution in [3.05, 3.63) is 59.0 Å². The van der Waals surface area contributed by atoms with Crippen LogP contribution in [0.25, 0.3) is 21.1 Å². The maximum Gasteiger partial charge on any atom is 0.222 e. The summed E-state index contributed by atoms with van der Waals surface area (Å²) in [6, 6.07) is 9.76. The average Bonchev–Trinajstić information content (AvgIpc) is 2.95. The van der Waals surface area contributed by atoms with Gasteiger partial charge in [0.1, 0.15) is 12.4 Å². The number of rotatable bonds is 3. The number of halogens is 1. The number of hydrogen-bond acceptors (Lipinski definition) is 5. The van der Waals surface area contributed by atoms with Crippen molar-refractivity contribution in [2.75, 3.05) is 0 Å². The molecule has 0 saturated carbocycles. The van der Waals surface area contributed by atoms with Crippen molar-refractivity contribution in [1.82, 2.24) is 15.0 Å². The fourth-order valence-corrected chi connectivity index (χ4v) is 3.30. The minimum atomic E-state index is 0.251. The third-order valence-electron chi connectivity index (χ3n) is 3.35. The van der Waals surface area contributed by atoms with E-state index in [0.717, 1.165) is 32.4 Å². The molecule has 0 aliphatic carbocycles. The van der Waals surface area contributed by atoms with Crippen LogP contribution in [-0.4, -0.2) is 15.0 Å². The van der Waals surface area contributed by atoms with Crippen LogP contribution in [0.15, 0.2) is 48.1 Å². The van der Waals surface area contributed by atoms with Crippen molar-refractivity contribution in [3.63, 3.8) is 0 Å². The highest BCUT2D eigenvalue weighted by Gasteiger charge is 2.09. The Morgan fingerprint density at radius 1 is 1.14 bits per heavy atom. The first-order valence-corrected chi connectivity index (χ1v) is 7.92. The van der Waals surface area contributed by atoms with Gasteiger partial charge in [-0.1, -0.05) is 6.07 Å². The number of ether oxygens (including phenoxy) is 1. The molecule has 4 rings (SSSR count). The number of aromatic nitrogens is 3. The van der Waals surface area contributed by atoms with E-state index in [1.54, 1.807) is 23.7 Å². The lowest BCUT2D eigenvalue weighted by atomic mass is 10.2. The van der Waals surface area contributed by atoms with Crippen LogP contribution in [0.5, 0.6) is 5.75 Å². The lowest BCUT2D eigenvalue weighted by Crippen LogP contribution is -1.96. The molecule has 0 aliphatic heterocycles. The highest BCUT2D eigenvalue weighted by Crippen LogP contribution is 2.28. The van der Waals surface area contributed by atoms with Crippen LogP contribution in [-0.2, 0) is 6.61 Å². The van der Waals surface area contributed by atoms with Crippen LogP contribution in [0, 0.1) is 0 Å². The molecule has 6 heteroatoms. The first-order valence-electron chi connectivity index (χ1n) is 6.66. The second kappa shape index (κ2) is 5.51. The Kier molecular flexibility index (Phi) is 3.36. The predicted molar refractivity (Wildman–Crippen MR) is 88.5 cm³/mol. The van der Waals surface area contributed by atoms with Crippen molar-refractivity contribution in [3.8, 4) is 5.75 Å². The summed E-state index contributed by atoms with van der Waals surface area (Å²) < 4.78 is 6.98. The Labute approximate surface area is 135 Å². The molecule has 0 aliphatic rings. The highest BCUT2D eigenvalue weighted by atomic mass is 35.5. The van der Waals surface area contributed by atoms with Gasteiger partial charge in [0.05, 0.1) is 15.7 Å². The zero-order valence-electron chi connectivity index (χ0n) is 11.4. The molecule has 0 N–H and O–H groups in total. The van der Waals surface area contributed by atoms with Crippen LogP contribution in [0.4, 0.5) is 0 Å². The molecule has 1 aromatic carbocycles. The molecular weight excluding hydrogens is 318 g/mol. The number of fused-ring (bicyclic) bond motifs is 2. The van der Waals surface area contributed by atoms with Crippen molar-refractivity contribution < 1.29 is 4.74 Å². The number of benzene rings is 1. The van der Waals surface area contributed by atoms with Crippen LogP contribution in [0.1, 0.15) is 5.56 Å². The summed E-state index contributed by atoms with van der Waals surface area (Å²) in [5, 5.41) is 3.28. The van der Waals surface area contributed by atoms with E-state index < -0.39 is 0 Å². The van der Waals surface area contributed by atoms with E-state index in [4.69, 9.17) is 16.3 Å². The van der Waals surface area contributed by atoms with Gasteiger partial charge in [0.25, 0.3) is 0 Å². The standard InChI is InChI=1S/C16H10ClN3OS/c17-16-19-7-14-15(20-16)10(9-22-14)8-21-13-5-1-4-12-11(13)3-2-6-18-12/h1-7,9H,8H2. The third-order valence-corrected chi connectivity index (χ3v) is 4.48. The molecular formula is C16H10ClN3OS. The molecule has 0 bridgehead atoms. The Morgan fingerprint density at radius 2 is 2.09 bits per heavy atom. The van der Waals surface area contributed by atoms with Gasteiger partial charge in [0.2, 0.25) is 5.28 Å². The maximum atomic E-state index is 5.97. The van der Waals surface area contributed by atoms with Gasteiger partial charge in [-0.25, -0.2) is 9.97 Å². The molecule has 4 aromatic rings. The molecule has 3 aromatic heterocycles. The summed E-state index contributed by atoms with van der Waals surface area (Å²) in [5.74, 6) is 0.810. The maximum absolute atomic E-state index is 5.97. The van der Waals surface area contributed by atoms with E-state index in [1.807, 2.05) is 35.7 Å². The van der Waals surface area contributed by atoms with Gasteiger partial charge in [-0.3, -0.25) is 4.98 Å². The number of pyridine rings is 1.